The Morgan fingerprint density at radius 1 is 1.00 bits per heavy atom. The molecule has 1 aromatic carbocycles. The van der Waals surface area contributed by atoms with E-state index in [0.717, 1.165) is 15.3 Å². The molecular weight excluding hydrogens is 276 g/mol. The number of carbonyl (C=O) groups is 2. The second-order valence-corrected chi connectivity index (χ2v) is 5.88. The monoisotopic (exact) mass is 290 g/mol. The number of aliphatic carboxylic acids is 2. The molecule has 1 aromatic heterocycles. The van der Waals surface area contributed by atoms with E-state index in [2.05, 4.69) is 0 Å². The van der Waals surface area contributed by atoms with Crippen LogP contribution in [0.3, 0.4) is 0 Å². The summed E-state index contributed by atoms with van der Waals surface area (Å²) in [5.41, 5.74) is 2.12. The fraction of sp³-hybridized carbons (Fsp3) is 0.200. The maximum absolute atomic E-state index is 10.8. The fourth-order valence-corrected chi connectivity index (χ4v) is 2.90. The number of hydrogen-bond donors (Lipinski definition) is 2. The van der Waals surface area contributed by atoms with E-state index in [1.807, 2.05) is 31.2 Å². The van der Waals surface area contributed by atoms with Crippen LogP contribution in [-0.2, 0) is 22.4 Å². The van der Waals surface area contributed by atoms with Gasteiger partial charge in [0.25, 0.3) is 0 Å². The van der Waals surface area contributed by atoms with Crippen LogP contribution in [0.15, 0.2) is 30.3 Å². The van der Waals surface area contributed by atoms with Gasteiger partial charge in [-0.2, -0.15) is 0 Å². The van der Waals surface area contributed by atoms with Crippen molar-refractivity contribution >= 4 is 23.3 Å². The number of carboxylic acids is 2. The molecule has 1 heterocycles. The maximum Gasteiger partial charge on any atom is 0.307 e. The van der Waals surface area contributed by atoms with Crippen molar-refractivity contribution in [2.75, 3.05) is 0 Å². The van der Waals surface area contributed by atoms with Crippen molar-refractivity contribution in [3.05, 3.63) is 46.3 Å². The molecule has 0 amide bonds. The summed E-state index contributed by atoms with van der Waals surface area (Å²) in [5.74, 6) is -1.85. The molecule has 0 bridgehead atoms. The second kappa shape index (κ2) is 5.88. The number of aryl methyl sites for hydroxylation is 1. The van der Waals surface area contributed by atoms with Crippen molar-refractivity contribution in [3.63, 3.8) is 0 Å². The lowest BCUT2D eigenvalue weighted by molar-refractivity contribution is -0.137. The minimum absolute atomic E-state index is 0.106. The van der Waals surface area contributed by atoms with E-state index in [1.165, 1.54) is 0 Å². The Kier molecular flexibility index (Phi) is 4.20. The van der Waals surface area contributed by atoms with Gasteiger partial charge < -0.3 is 10.2 Å². The molecular formula is C15H14O4S. The lowest BCUT2D eigenvalue weighted by Gasteiger charge is -2.06. The van der Waals surface area contributed by atoms with E-state index in [4.69, 9.17) is 10.2 Å². The van der Waals surface area contributed by atoms with Crippen LogP contribution in [0.2, 0.25) is 0 Å². The van der Waals surface area contributed by atoms with Crippen molar-refractivity contribution in [2.24, 2.45) is 0 Å². The Morgan fingerprint density at radius 3 is 1.95 bits per heavy atom. The number of benzene rings is 1. The summed E-state index contributed by atoms with van der Waals surface area (Å²) < 4.78 is 0. The molecule has 5 heteroatoms. The minimum Gasteiger partial charge on any atom is -0.481 e. The van der Waals surface area contributed by atoms with E-state index >= 15 is 0 Å². The van der Waals surface area contributed by atoms with Crippen LogP contribution in [0.25, 0.3) is 10.4 Å². The number of hydrogen-bond acceptors (Lipinski definition) is 3. The van der Waals surface area contributed by atoms with Crippen molar-refractivity contribution in [3.8, 4) is 10.4 Å². The van der Waals surface area contributed by atoms with Gasteiger partial charge in [-0.3, -0.25) is 9.59 Å². The first kappa shape index (κ1) is 14.3. The van der Waals surface area contributed by atoms with Crippen LogP contribution in [-0.4, -0.2) is 22.2 Å². The van der Waals surface area contributed by atoms with Gasteiger partial charge in [0, 0.05) is 9.75 Å². The molecule has 4 nitrogen and oxygen atoms in total. The predicted molar refractivity (Wildman–Crippen MR) is 77.2 cm³/mol. The topological polar surface area (TPSA) is 74.6 Å². The molecule has 0 saturated heterocycles. The zero-order valence-electron chi connectivity index (χ0n) is 10.9. The SMILES string of the molecule is Cc1ccc(-c2cc(CC(=O)O)cc(CC(=O)O)c2)s1. The Bertz CT molecular complexity index is 623. The molecule has 0 fully saturated rings. The van der Waals surface area contributed by atoms with Crippen LogP contribution in [0.5, 0.6) is 0 Å². The van der Waals surface area contributed by atoms with Crippen LogP contribution in [0, 0.1) is 6.92 Å². The van der Waals surface area contributed by atoms with Gasteiger partial charge in [0.1, 0.15) is 0 Å². The van der Waals surface area contributed by atoms with Crippen LogP contribution < -0.4 is 0 Å². The van der Waals surface area contributed by atoms with E-state index in [1.54, 1.807) is 17.4 Å². The van der Waals surface area contributed by atoms with Crippen molar-refractivity contribution in [1.82, 2.24) is 0 Å². The van der Waals surface area contributed by atoms with Crippen LogP contribution in [0.1, 0.15) is 16.0 Å². The van der Waals surface area contributed by atoms with Gasteiger partial charge in [0.2, 0.25) is 0 Å². The summed E-state index contributed by atoms with van der Waals surface area (Å²) in [6.45, 7) is 1.99. The minimum atomic E-state index is -0.925. The maximum atomic E-state index is 10.8. The molecule has 20 heavy (non-hydrogen) atoms. The Morgan fingerprint density at radius 2 is 1.55 bits per heavy atom. The Balaban J connectivity index is 2.44. The standard InChI is InChI=1S/C15H14O4S/c1-9-2-3-13(20-9)12-5-10(7-14(16)17)4-11(6-12)8-15(18)19/h2-6H,7-8H2,1H3,(H,16,17)(H,18,19). The fourth-order valence-electron chi connectivity index (χ4n) is 2.05. The first-order valence-corrected chi connectivity index (χ1v) is 6.89. The lowest BCUT2D eigenvalue weighted by atomic mass is 10.0. The van der Waals surface area contributed by atoms with Gasteiger partial charge in [-0.25, -0.2) is 0 Å². The van der Waals surface area contributed by atoms with E-state index in [0.29, 0.717) is 11.1 Å². The molecule has 0 saturated carbocycles. The molecule has 2 N–H and O–H groups in total. The quantitative estimate of drug-likeness (QED) is 0.887. The van der Waals surface area contributed by atoms with Gasteiger partial charge in [0.05, 0.1) is 12.8 Å². The molecule has 2 aromatic rings. The first-order valence-electron chi connectivity index (χ1n) is 6.07. The zero-order chi connectivity index (χ0) is 14.7. The van der Waals surface area contributed by atoms with Crippen molar-refractivity contribution in [1.29, 1.82) is 0 Å². The Hall–Kier alpha value is -2.14. The summed E-state index contributed by atoms with van der Waals surface area (Å²) in [6.07, 6.45) is -0.213. The van der Waals surface area contributed by atoms with E-state index in [9.17, 15) is 9.59 Å². The molecule has 0 unspecified atom stereocenters. The predicted octanol–water partition coefficient (Wildman–Crippen LogP) is 2.98. The zero-order valence-corrected chi connectivity index (χ0v) is 11.7. The molecule has 0 aliphatic carbocycles. The molecule has 0 radical (unpaired) electrons. The van der Waals surface area contributed by atoms with Gasteiger partial charge in [0.15, 0.2) is 0 Å². The van der Waals surface area contributed by atoms with Gasteiger partial charge >= 0.3 is 11.9 Å². The third-order valence-corrected chi connectivity index (χ3v) is 3.84. The molecule has 0 atom stereocenters. The average Bonchev–Trinajstić information content (AvgIpc) is 2.73. The third-order valence-electron chi connectivity index (χ3n) is 2.79. The summed E-state index contributed by atoms with van der Waals surface area (Å²) in [6, 6.07) is 9.22. The largest absolute Gasteiger partial charge is 0.481 e. The molecule has 0 spiro atoms. The van der Waals surface area contributed by atoms with Crippen LogP contribution in [0.4, 0.5) is 0 Å². The smallest absolute Gasteiger partial charge is 0.307 e. The highest BCUT2D eigenvalue weighted by Gasteiger charge is 2.10. The second-order valence-electron chi connectivity index (χ2n) is 4.59. The lowest BCUT2D eigenvalue weighted by Crippen LogP contribution is -2.04. The molecule has 104 valence electrons. The number of carboxylic acid groups (broad SMARTS) is 2. The van der Waals surface area contributed by atoms with Crippen molar-refractivity contribution < 1.29 is 19.8 Å². The normalized spacial score (nSPS) is 10.4. The highest BCUT2D eigenvalue weighted by atomic mass is 32.1. The molecule has 2 rings (SSSR count). The van der Waals surface area contributed by atoms with Gasteiger partial charge in [-0.1, -0.05) is 6.07 Å². The Labute approximate surface area is 120 Å². The van der Waals surface area contributed by atoms with Gasteiger partial charge in [-0.15, -0.1) is 11.3 Å². The third kappa shape index (κ3) is 3.68. The van der Waals surface area contributed by atoms with Crippen molar-refractivity contribution in [2.45, 2.75) is 19.8 Å². The molecule has 0 aliphatic heterocycles. The summed E-state index contributed by atoms with van der Waals surface area (Å²) >= 11 is 1.60. The van der Waals surface area contributed by atoms with Gasteiger partial charge in [-0.05, 0) is 47.9 Å². The summed E-state index contributed by atoms with van der Waals surface area (Å²) in [7, 11) is 0. The van der Waals surface area contributed by atoms with E-state index < -0.39 is 11.9 Å². The first-order chi connectivity index (χ1) is 9.44. The highest BCUT2D eigenvalue weighted by molar-refractivity contribution is 7.15. The van der Waals surface area contributed by atoms with E-state index in [-0.39, 0.29) is 12.8 Å². The summed E-state index contributed by atoms with van der Waals surface area (Å²) in [4.78, 5) is 23.9. The average molecular weight is 290 g/mol. The molecule has 0 aliphatic rings. The highest BCUT2D eigenvalue weighted by Crippen LogP contribution is 2.29. The summed E-state index contributed by atoms with van der Waals surface area (Å²) in [5, 5.41) is 17.8. The number of rotatable bonds is 5. The number of thiophene rings is 1. The van der Waals surface area contributed by atoms with Crippen LogP contribution >= 0.6 is 11.3 Å².